The molecule has 1 aliphatic carbocycles. The van der Waals surface area contributed by atoms with Crippen molar-refractivity contribution < 1.29 is 22.6 Å². The minimum absolute atomic E-state index is 0.0516. The summed E-state index contributed by atoms with van der Waals surface area (Å²) >= 11 is 5.76. The van der Waals surface area contributed by atoms with Crippen molar-refractivity contribution in [3.8, 4) is 11.5 Å². The first-order chi connectivity index (χ1) is 7.94. The number of rotatable bonds is 3. The molecule has 94 valence electrons. The molecule has 17 heavy (non-hydrogen) atoms. The molecule has 1 fully saturated rings. The lowest BCUT2D eigenvalue weighted by molar-refractivity contribution is -0.275. The third-order valence-electron chi connectivity index (χ3n) is 2.41. The molecule has 0 bridgehead atoms. The van der Waals surface area contributed by atoms with E-state index in [2.05, 4.69) is 4.74 Å². The summed E-state index contributed by atoms with van der Waals surface area (Å²) in [4.78, 5) is 0. The third-order valence-corrected chi connectivity index (χ3v) is 2.76. The first-order valence-electron chi connectivity index (χ1n) is 5.09. The molecule has 0 aromatic heterocycles. The maximum atomic E-state index is 12.1. The van der Waals surface area contributed by atoms with Gasteiger partial charge in [0.05, 0.1) is 0 Å². The van der Waals surface area contributed by atoms with Gasteiger partial charge in [-0.05, 0) is 12.1 Å². The van der Waals surface area contributed by atoms with Gasteiger partial charge in [-0.25, -0.2) is 0 Å². The maximum Gasteiger partial charge on any atom is 0.573 e. The molecule has 0 unspecified atom stereocenters. The van der Waals surface area contributed by atoms with Gasteiger partial charge in [0.25, 0.3) is 0 Å². The van der Waals surface area contributed by atoms with Crippen molar-refractivity contribution in [2.45, 2.75) is 30.7 Å². The van der Waals surface area contributed by atoms with E-state index in [1.165, 1.54) is 18.2 Å². The summed E-state index contributed by atoms with van der Waals surface area (Å²) in [7, 11) is 0. The number of para-hydroxylation sites is 2. The van der Waals surface area contributed by atoms with E-state index in [4.69, 9.17) is 16.3 Å². The van der Waals surface area contributed by atoms with E-state index in [0.29, 0.717) is 12.8 Å². The fourth-order valence-electron chi connectivity index (χ4n) is 1.53. The zero-order valence-corrected chi connectivity index (χ0v) is 9.46. The molecule has 1 aliphatic rings. The van der Waals surface area contributed by atoms with Crippen molar-refractivity contribution in [1.29, 1.82) is 0 Å². The van der Waals surface area contributed by atoms with Gasteiger partial charge in [0.2, 0.25) is 0 Å². The minimum Gasteiger partial charge on any atom is -0.486 e. The van der Waals surface area contributed by atoms with E-state index in [0.717, 1.165) is 0 Å². The minimum atomic E-state index is -4.71. The maximum absolute atomic E-state index is 12.1. The number of alkyl halides is 4. The van der Waals surface area contributed by atoms with Crippen LogP contribution in [0.1, 0.15) is 12.8 Å². The van der Waals surface area contributed by atoms with Crippen LogP contribution in [0.25, 0.3) is 0 Å². The zero-order chi connectivity index (χ0) is 12.5. The summed E-state index contributed by atoms with van der Waals surface area (Å²) in [5.74, 6) is -0.226. The van der Waals surface area contributed by atoms with Crippen molar-refractivity contribution in [3.63, 3.8) is 0 Å². The summed E-state index contributed by atoms with van der Waals surface area (Å²) in [5.41, 5.74) is 0. The van der Waals surface area contributed by atoms with E-state index in [9.17, 15) is 13.2 Å². The summed E-state index contributed by atoms with van der Waals surface area (Å²) in [6, 6.07) is 5.72. The normalized spacial score (nSPS) is 24.0. The first-order valence-corrected chi connectivity index (χ1v) is 5.53. The van der Waals surface area contributed by atoms with Crippen LogP contribution in [0.15, 0.2) is 24.3 Å². The Labute approximate surface area is 101 Å². The van der Waals surface area contributed by atoms with Gasteiger partial charge in [0, 0.05) is 18.2 Å². The van der Waals surface area contributed by atoms with Gasteiger partial charge in [0.15, 0.2) is 11.5 Å². The van der Waals surface area contributed by atoms with Gasteiger partial charge in [-0.15, -0.1) is 24.8 Å². The molecule has 6 heteroatoms. The number of benzene rings is 1. The Bertz CT molecular complexity index is 389. The predicted molar refractivity (Wildman–Crippen MR) is 56.4 cm³/mol. The van der Waals surface area contributed by atoms with E-state index < -0.39 is 6.36 Å². The van der Waals surface area contributed by atoms with Gasteiger partial charge in [-0.1, -0.05) is 12.1 Å². The standard InChI is InChI=1S/C11H10ClF3O2/c12-7-5-8(6-7)16-9-3-1-2-4-10(9)17-11(13,14)15/h1-4,7-8H,5-6H2. The average molecular weight is 267 g/mol. The van der Waals surface area contributed by atoms with Gasteiger partial charge in [-0.2, -0.15) is 0 Å². The molecular weight excluding hydrogens is 257 g/mol. The fourth-order valence-corrected chi connectivity index (χ4v) is 1.93. The van der Waals surface area contributed by atoms with Crippen molar-refractivity contribution in [1.82, 2.24) is 0 Å². The predicted octanol–water partition coefficient (Wildman–Crippen LogP) is 3.73. The molecule has 0 saturated heterocycles. The molecule has 0 amide bonds. The molecule has 0 heterocycles. The van der Waals surface area contributed by atoms with Crippen LogP contribution in [0.3, 0.4) is 0 Å². The SMILES string of the molecule is FC(F)(F)Oc1ccccc1OC1CC(Cl)C1. The van der Waals surface area contributed by atoms with Crippen LogP contribution < -0.4 is 9.47 Å². The molecule has 1 saturated carbocycles. The summed E-state index contributed by atoms with van der Waals surface area (Å²) in [5, 5.41) is 0.0516. The van der Waals surface area contributed by atoms with Crippen molar-refractivity contribution in [2.75, 3.05) is 0 Å². The highest BCUT2D eigenvalue weighted by Gasteiger charge is 2.34. The monoisotopic (exact) mass is 266 g/mol. The molecule has 0 radical (unpaired) electrons. The van der Waals surface area contributed by atoms with Gasteiger partial charge in [0.1, 0.15) is 6.10 Å². The molecule has 1 aromatic carbocycles. The Kier molecular flexibility index (Phi) is 3.38. The number of hydrogen-bond donors (Lipinski definition) is 0. The topological polar surface area (TPSA) is 18.5 Å². The molecule has 0 spiro atoms. The number of ether oxygens (including phenoxy) is 2. The molecular formula is C11H10ClF3O2. The molecule has 2 rings (SSSR count). The second-order valence-electron chi connectivity index (χ2n) is 3.80. The van der Waals surface area contributed by atoms with E-state index in [1.54, 1.807) is 6.07 Å². The molecule has 0 atom stereocenters. The molecule has 0 N–H and O–H groups in total. The number of hydrogen-bond acceptors (Lipinski definition) is 2. The Hall–Kier alpha value is -1.10. The first kappa shape index (κ1) is 12.4. The lowest BCUT2D eigenvalue weighted by Gasteiger charge is -2.31. The number of halogens is 4. The van der Waals surface area contributed by atoms with Gasteiger partial charge >= 0.3 is 6.36 Å². The zero-order valence-electron chi connectivity index (χ0n) is 8.71. The van der Waals surface area contributed by atoms with E-state index >= 15 is 0 Å². The largest absolute Gasteiger partial charge is 0.573 e. The summed E-state index contributed by atoms with van der Waals surface area (Å²) < 4.78 is 45.6. The van der Waals surface area contributed by atoms with Crippen LogP contribution in [0.5, 0.6) is 11.5 Å². The quantitative estimate of drug-likeness (QED) is 0.776. The van der Waals surface area contributed by atoms with Crippen molar-refractivity contribution in [3.05, 3.63) is 24.3 Å². The van der Waals surface area contributed by atoms with Crippen molar-refractivity contribution in [2.24, 2.45) is 0 Å². The summed E-state index contributed by atoms with van der Waals surface area (Å²) in [6.45, 7) is 0. The fraction of sp³-hybridized carbons (Fsp3) is 0.455. The highest BCUT2D eigenvalue weighted by atomic mass is 35.5. The van der Waals surface area contributed by atoms with Gasteiger partial charge in [-0.3, -0.25) is 0 Å². The van der Waals surface area contributed by atoms with Crippen molar-refractivity contribution >= 4 is 11.6 Å². The lowest BCUT2D eigenvalue weighted by atomic mass is 9.95. The van der Waals surface area contributed by atoms with Gasteiger partial charge < -0.3 is 9.47 Å². The highest BCUT2D eigenvalue weighted by molar-refractivity contribution is 6.21. The van der Waals surface area contributed by atoms with Crippen LogP contribution in [-0.2, 0) is 0 Å². The van der Waals surface area contributed by atoms with Crippen LogP contribution >= 0.6 is 11.6 Å². The van der Waals surface area contributed by atoms with E-state index in [1.807, 2.05) is 0 Å². The lowest BCUT2D eigenvalue weighted by Crippen LogP contribution is -2.34. The average Bonchev–Trinajstić information content (AvgIpc) is 2.16. The highest BCUT2D eigenvalue weighted by Crippen LogP contribution is 2.36. The van der Waals surface area contributed by atoms with Crippen LogP contribution in [0, 0.1) is 0 Å². The van der Waals surface area contributed by atoms with Crippen LogP contribution in [0.2, 0.25) is 0 Å². The Morgan fingerprint density at radius 2 is 1.71 bits per heavy atom. The Morgan fingerprint density at radius 3 is 2.24 bits per heavy atom. The molecule has 2 nitrogen and oxygen atoms in total. The summed E-state index contributed by atoms with van der Waals surface area (Å²) in [6.07, 6.45) is -3.56. The Morgan fingerprint density at radius 1 is 1.12 bits per heavy atom. The molecule has 1 aromatic rings. The third kappa shape index (κ3) is 3.43. The van der Waals surface area contributed by atoms with Crippen LogP contribution in [0.4, 0.5) is 13.2 Å². The second-order valence-corrected chi connectivity index (χ2v) is 4.42. The molecule has 0 aliphatic heterocycles. The van der Waals surface area contributed by atoms with Crippen LogP contribution in [-0.4, -0.2) is 17.8 Å². The Balaban J connectivity index is 2.05. The van der Waals surface area contributed by atoms with E-state index in [-0.39, 0.29) is 23.0 Å². The smallest absolute Gasteiger partial charge is 0.486 e. The second kappa shape index (κ2) is 4.64.